The van der Waals surface area contributed by atoms with E-state index in [0.29, 0.717) is 0 Å². The van der Waals surface area contributed by atoms with E-state index in [1.54, 1.807) is 0 Å². The third-order valence-corrected chi connectivity index (χ3v) is 4.96. The van der Waals surface area contributed by atoms with Gasteiger partial charge in [-0.3, -0.25) is 9.69 Å². The van der Waals surface area contributed by atoms with Crippen molar-refractivity contribution < 1.29 is 4.79 Å². The zero-order valence-electron chi connectivity index (χ0n) is 13.8. The highest BCUT2D eigenvalue weighted by molar-refractivity contribution is 5.94. The molecular formula is C20H23N3O. The average Bonchev–Trinajstić information content (AvgIpc) is 3.24. The van der Waals surface area contributed by atoms with E-state index in [0.717, 1.165) is 44.7 Å². The van der Waals surface area contributed by atoms with Crippen molar-refractivity contribution in [2.45, 2.75) is 32.1 Å². The summed E-state index contributed by atoms with van der Waals surface area (Å²) in [6.07, 6.45) is 1.02. The molecule has 2 aromatic rings. The number of fused-ring (bicyclic) bond motifs is 1. The summed E-state index contributed by atoms with van der Waals surface area (Å²) in [6.45, 7) is 4.69. The monoisotopic (exact) mass is 321 g/mol. The Hall–Kier alpha value is -2.17. The van der Waals surface area contributed by atoms with Gasteiger partial charge in [-0.2, -0.15) is 0 Å². The van der Waals surface area contributed by atoms with Gasteiger partial charge in [0.25, 0.3) is 5.91 Å². The first-order valence-corrected chi connectivity index (χ1v) is 8.67. The summed E-state index contributed by atoms with van der Waals surface area (Å²) >= 11 is 0. The van der Waals surface area contributed by atoms with Gasteiger partial charge < -0.3 is 10.6 Å². The van der Waals surface area contributed by atoms with E-state index in [1.165, 1.54) is 16.7 Å². The fourth-order valence-corrected chi connectivity index (χ4v) is 3.64. The number of rotatable bonds is 4. The zero-order chi connectivity index (χ0) is 16.4. The lowest BCUT2D eigenvalue weighted by Crippen LogP contribution is -2.37. The average molecular weight is 321 g/mol. The Labute approximate surface area is 142 Å². The highest BCUT2D eigenvalue weighted by Crippen LogP contribution is 2.18. The number of hydrogen-bond acceptors (Lipinski definition) is 3. The molecule has 2 aliphatic heterocycles. The van der Waals surface area contributed by atoms with Gasteiger partial charge in [-0.1, -0.05) is 36.4 Å². The largest absolute Gasteiger partial charge is 0.348 e. The van der Waals surface area contributed by atoms with Crippen LogP contribution in [0.25, 0.3) is 0 Å². The minimum absolute atomic E-state index is 0.0521. The zero-order valence-corrected chi connectivity index (χ0v) is 13.8. The van der Waals surface area contributed by atoms with Crippen molar-refractivity contribution in [2.24, 2.45) is 0 Å². The van der Waals surface area contributed by atoms with Gasteiger partial charge in [-0.15, -0.1) is 0 Å². The van der Waals surface area contributed by atoms with Gasteiger partial charge in [0.15, 0.2) is 0 Å². The Kier molecular flexibility index (Phi) is 4.32. The third kappa shape index (κ3) is 3.35. The van der Waals surface area contributed by atoms with Crippen LogP contribution in [0.4, 0.5) is 0 Å². The third-order valence-electron chi connectivity index (χ3n) is 4.96. The molecule has 0 aliphatic carbocycles. The van der Waals surface area contributed by atoms with Crippen molar-refractivity contribution in [2.75, 3.05) is 13.1 Å². The van der Waals surface area contributed by atoms with E-state index in [1.807, 2.05) is 18.2 Å². The van der Waals surface area contributed by atoms with E-state index in [4.69, 9.17) is 0 Å². The van der Waals surface area contributed by atoms with Crippen LogP contribution in [0.1, 0.15) is 33.5 Å². The molecule has 1 fully saturated rings. The molecule has 0 bridgehead atoms. The molecule has 124 valence electrons. The second-order valence-corrected chi connectivity index (χ2v) is 6.77. The van der Waals surface area contributed by atoms with Crippen LogP contribution in [0.5, 0.6) is 0 Å². The topological polar surface area (TPSA) is 44.4 Å². The Morgan fingerprint density at radius 3 is 2.83 bits per heavy atom. The standard InChI is InChI=1S/C20H23N3O/c24-20(16-6-7-17-11-21-12-18(17)10-16)22-19-8-9-23(14-19)13-15-4-2-1-3-5-15/h1-7,10,19,21H,8-9,11-14H2,(H,22,24). The molecule has 1 atom stereocenters. The fourth-order valence-electron chi connectivity index (χ4n) is 3.64. The first-order valence-electron chi connectivity index (χ1n) is 8.67. The number of likely N-dealkylation sites (tertiary alicyclic amines) is 1. The van der Waals surface area contributed by atoms with Gasteiger partial charge in [-0.25, -0.2) is 0 Å². The summed E-state index contributed by atoms with van der Waals surface area (Å²) in [4.78, 5) is 14.9. The predicted octanol–water partition coefficient (Wildman–Crippen LogP) is 2.29. The van der Waals surface area contributed by atoms with E-state index < -0.39 is 0 Å². The van der Waals surface area contributed by atoms with Gasteiger partial charge in [0.05, 0.1) is 0 Å². The summed E-state index contributed by atoms with van der Waals surface area (Å²) in [7, 11) is 0. The van der Waals surface area contributed by atoms with E-state index in [-0.39, 0.29) is 11.9 Å². The maximum absolute atomic E-state index is 12.5. The maximum atomic E-state index is 12.5. The van der Waals surface area contributed by atoms with E-state index in [9.17, 15) is 4.79 Å². The summed E-state index contributed by atoms with van der Waals surface area (Å²) < 4.78 is 0. The van der Waals surface area contributed by atoms with Crippen molar-refractivity contribution >= 4 is 5.91 Å². The normalized spacial score (nSPS) is 20.1. The van der Waals surface area contributed by atoms with Gasteiger partial charge in [-0.05, 0) is 35.2 Å². The Morgan fingerprint density at radius 1 is 1.12 bits per heavy atom. The van der Waals surface area contributed by atoms with Crippen molar-refractivity contribution in [1.29, 1.82) is 0 Å². The lowest BCUT2D eigenvalue weighted by atomic mass is 10.1. The number of nitrogens with one attached hydrogen (secondary N) is 2. The number of nitrogens with zero attached hydrogens (tertiary/aromatic N) is 1. The van der Waals surface area contributed by atoms with Gasteiger partial charge in [0.2, 0.25) is 0 Å². The Morgan fingerprint density at radius 2 is 1.96 bits per heavy atom. The SMILES string of the molecule is O=C(NC1CCN(Cc2ccccc2)C1)c1ccc2c(c1)CNC2. The summed E-state index contributed by atoms with van der Waals surface area (Å²) in [5.41, 5.74) is 4.66. The molecule has 2 aliphatic rings. The number of carbonyl (C=O) groups is 1. The molecule has 0 spiro atoms. The molecule has 0 saturated carbocycles. The minimum Gasteiger partial charge on any atom is -0.348 e. The van der Waals surface area contributed by atoms with Crippen LogP contribution in [0.2, 0.25) is 0 Å². The summed E-state index contributed by atoms with van der Waals surface area (Å²) in [5, 5.41) is 6.52. The summed E-state index contributed by atoms with van der Waals surface area (Å²) in [6, 6.07) is 16.8. The first kappa shape index (κ1) is 15.4. The van der Waals surface area contributed by atoms with Gasteiger partial charge >= 0.3 is 0 Å². The predicted molar refractivity (Wildman–Crippen MR) is 94.6 cm³/mol. The number of carbonyl (C=O) groups excluding carboxylic acids is 1. The van der Waals surface area contributed by atoms with Gasteiger partial charge in [0.1, 0.15) is 0 Å². The fraction of sp³-hybridized carbons (Fsp3) is 0.350. The van der Waals surface area contributed by atoms with Crippen LogP contribution in [-0.4, -0.2) is 29.9 Å². The highest BCUT2D eigenvalue weighted by atomic mass is 16.1. The van der Waals surface area contributed by atoms with Crippen molar-refractivity contribution in [1.82, 2.24) is 15.5 Å². The van der Waals surface area contributed by atoms with Crippen LogP contribution in [0, 0.1) is 0 Å². The van der Waals surface area contributed by atoms with Crippen LogP contribution < -0.4 is 10.6 Å². The molecule has 4 heteroatoms. The quantitative estimate of drug-likeness (QED) is 0.908. The van der Waals surface area contributed by atoms with Crippen LogP contribution in [-0.2, 0) is 19.6 Å². The maximum Gasteiger partial charge on any atom is 0.251 e. The van der Waals surface area contributed by atoms with Crippen LogP contribution >= 0.6 is 0 Å². The molecule has 2 aromatic carbocycles. The van der Waals surface area contributed by atoms with Crippen molar-refractivity contribution in [3.63, 3.8) is 0 Å². The van der Waals surface area contributed by atoms with Crippen molar-refractivity contribution in [3.05, 3.63) is 70.8 Å². The molecule has 0 aromatic heterocycles. The molecule has 2 heterocycles. The Bertz CT molecular complexity index is 729. The van der Waals surface area contributed by atoms with Crippen LogP contribution in [0.3, 0.4) is 0 Å². The second kappa shape index (κ2) is 6.75. The molecule has 1 saturated heterocycles. The van der Waals surface area contributed by atoms with E-state index in [2.05, 4.69) is 45.9 Å². The highest BCUT2D eigenvalue weighted by Gasteiger charge is 2.24. The first-order chi connectivity index (χ1) is 11.8. The Balaban J connectivity index is 1.34. The van der Waals surface area contributed by atoms with E-state index >= 15 is 0 Å². The van der Waals surface area contributed by atoms with Crippen LogP contribution in [0.15, 0.2) is 48.5 Å². The molecule has 1 unspecified atom stereocenters. The van der Waals surface area contributed by atoms with Gasteiger partial charge in [0, 0.05) is 44.3 Å². The molecule has 24 heavy (non-hydrogen) atoms. The number of amides is 1. The lowest BCUT2D eigenvalue weighted by Gasteiger charge is -2.17. The summed E-state index contributed by atoms with van der Waals surface area (Å²) in [5.74, 6) is 0.0521. The smallest absolute Gasteiger partial charge is 0.251 e. The van der Waals surface area contributed by atoms with Crippen molar-refractivity contribution in [3.8, 4) is 0 Å². The lowest BCUT2D eigenvalue weighted by molar-refractivity contribution is 0.0937. The number of benzene rings is 2. The number of hydrogen-bond donors (Lipinski definition) is 2. The minimum atomic E-state index is 0.0521. The molecular weight excluding hydrogens is 298 g/mol. The molecule has 4 nitrogen and oxygen atoms in total. The molecule has 1 amide bonds. The molecule has 0 radical (unpaired) electrons. The second-order valence-electron chi connectivity index (χ2n) is 6.77. The molecule has 4 rings (SSSR count). The molecule has 2 N–H and O–H groups in total.